The highest BCUT2D eigenvalue weighted by Gasteiger charge is 2.32. The maximum absolute atomic E-state index is 6.25. The highest BCUT2D eigenvalue weighted by atomic mass is 28.4. The van der Waals surface area contributed by atoms with Crippen LogP contribution in [0.2, 0.25) is 12.6 Å². The van der Waals surface area contributed by atoms with Crippen LogP contribution in [0.4, 0.5) is 0 Å². The Morgan fingerprint density at radius 1 is 0.952 bits per heavy atom. The van der Waals surface area contributed by atoms with Crippen LogP contribution in [-0.4, -0.2) is 19.5 Å². The zero-order valence-corrected chi connectivity index (χ0v) is 13.5. The minimum Gasteiger partial charge on any atom is -0.415 e. The molecule has 2 nitrogen and oxygen atoms in total. The van der Waals surface area contributed by atoms with Crippen LogP contribution in [-0.2, 0) is 10.6 Å². The molecule has 0 saturated carbocycles. The molecule has 1 saturated heterocycles. The number of aromatic nitrogens is 1. The molecule has 4 rings (SSSR count). The Labute approximate surface area is 126 Å². The van der Waals surface area contributed by atoms with Crippen molar-refractivity contribution < 1.29 is 4.43 Å². The van der Waals surface area contributed by atoms with E-state index in [4.69, 9.17) is 4.43 Å². The van der Waals surface area contributed by atoms with Gasteiger partial charge in [-0.25, -0.2) is 0 Å². The minimum absolute atomic E-state index is 0.958. The zero-order valence-electron chi connectivity index (χ0n) is 12.5. The van der Waals surface area contributed by atoms with Crippen LogP contribution >= 0.6 is 0 Å². The van der Waals surface area contributed by atoms with Gasteiger partial charge < -0.3 is 8.99 Å². The highest BCUT2D eigenvalue weighted by Crippen LogP contribution is 2.32. The van der Waals surface area contributed by atoms with Crippen molar-refractivity contribution in [2.24, 2.45) is 0 Å². The molecule has 0 radical (unpaired) electrons. The molecule has 1 atom stereocenters. The summed E-state index contributed by atoms with van der Waals surface area (Å²) in [4.78, 5) is 0. The summed E-state index contributed by atoms with van der Waals surface area (Å²) in [6, 6.07) is 18.8. The minimum atomic E-state index is -1.61. The Morgan fingerprint density at radius 3 is 2.14 bits per heavy atom. The van der Waals surface area contributed by atoms with Crippen molar-refractivity contribution in [3.63, 3.8) is 0 Å². The number of nitrogens with zero attached hydrogens (tertiary/aromatic N) is 1. The Hall–Kier alpha value is -1.58. The van der Waals surface area contributed by atoms with Crippen LogP contribution < -0.4 is 0 Å². The van der Waals surface area contributed by atoms with E-state index in [1.54, 1.807) is 0 Å². The molecular formula is C18H21NOSi. The molecule has 3 heteroatoms. The van der Waals surface area contributed by atoms with E-state index in [0.717, 1.165) is 12.8 Å². The molecule has 1 unspecified atom stereocenters. The molecule has 1 aliphatic heterocycles. The topological polar surface area (TPSA) is 14.2 Å². The van der Waals surface area contributed by atoms with Gasteiger partial charge in [0.1, 0.15) is 0 Å². The number of benzene rings is 2. The first-order valence-electron chi connectivity index (χ1n) is 7.87. The summed E-state index contributed by atoms with van der Waals surface area (Å²) < 4.78 is 8.76. The summed E-state index contributed by atoms with van der Waals surface area (Å²) in [6.07, 6.45) is 3.64. The lowest BCUT2D eigenvalue weighted by molar-refractivity contribution is 0.265. The van der Waals surface area contributed by atoms with Gasteiger partial charge in [-0.3, -0.25) is 0 Å². The number of hydrogen-bond donors (Lipinski definition) is 0. The quantitative estimate of drug-likeness (QED) is 0.624. The number of rotatable bonds is 2. The van der Waals surface area contributed by atoms with Crippen molar-refractivity contribution in [1.29, 1.82) is 0 Å². The molecule has 3 aromatic rings. The molecule has 1 aromatic heterocycles. The second-order valence-electron chi connectivity index (χ2n) is 6.38. The Morgan fingerprint density at radius 2 is 1.57 bits per heavy atom. The van der Waals surface area contributed by atoms with E-state index < -0.39 is 8.32 Å². The Kier molecular flexibility index (Phi) is 3.12. The largest absolute Gasteiger partial charge is 0.415 e. The van der Waals surface area contributed by atoms with E-state index in [1.807, 2.05) is 0 Å². The van der Waals surface area contributed by atoms with E-state index in [2.05, 4.69) is 59.6 Å². The van der Waals surface area contributed by atoms with Gasteiger partial charge in [-0.15, -0.1) is 0 Å². The molecule has 0 spiro atoms. The van der Waals surface area contributed by atoms with E-state index in [0.29, 0.717) is 0 Å². The Bertz CT molecular complexity index is 733. The van der Waals surface area contributed by atoms with Gasteiger partial charge in [-0.05, 0) is 31.1 Å². The van der Waals surface area contributed by atoms with Crippen molar-refractivity contribution in [1.82, 2.24) is 4.57 Å². The van der Waals surface area contributed by atoms with Crippen LogP contribution in [0.3, 0.4) is 0 Å². The standard InChI is InChI=1S/C18H21NOSi/c1-21(13-7-6-12-20-21)14-19-17-10-4-2-8-15(17)16-9-3-5-11-18(16)19/h2-5,8-11H,6-7,12-14H2,1H3. The van der Waals surface area contributed by atoms with E-state index in [1.165, 1.54) is 40.7 Å². The Balaban J connectivity index is 1.89. The molecule has 2 aromatic carbocycles. The average molecular weight is 295 g/mol. The first-order valence-corrected chi connectivity index (χ1v) is 10.7. The lowest BCUT2D eigenvalue weighted by atomic mass is 10.2. The van der Waals surface area contributed by atoms with Crippen molar-refractivity contribution in [3.05, 3.63) is 48.5 Å². The summed E-state index contributed by atoms with van der Waals surface area (Å²) >= 11 is 0. The second kappa shape index (κ2) is 5.00. The van der Waals surface area contributed by atoms with E-state index >= 15 is 0 Å². The van der Waals surface area contributed by atoms with Gasteiger partial charge in [-0.2, -0.15) is 0 Å². The van der Waals surface area contributed by atoms with Gasteiger partial charge in [0.05, 0.1) is 0 Å². The van der Waals surface area contributed by atoms with Crippen LogP contribution in [0, 0.1) is 0 Å². The fraction of sp³-hybridized carbons (Fsp3) is 0.333. The van der Waals surface area contributed by atoms with E-state index in [-0.39, 0.29) is 0 Å². The fourth-order valence-corrected chi connectivity index (χ4v) is 6.66. The van der Waals surface area contributed by atoms with Gasteiger partial charge >= 0.3 is 0 Å². The third-order valence-electron chi connectivity index (χ3n) is 4.72. The van der Waals surface area contributed by atoms with Gasteiger partial charge in [0.2, 0.25) is 8.32 Å². The van der Waals surface area contributed by atoms with Gasteiger partial charge in [0, 0.05) is 34.6 Å². The molecule has 108 valence electrons. The maximum Gasteiger partial charge on any atom is 0.209 e. The highest BCUT2D eigenvalue weighted by molar-refractivity contribution is 6.71. The summed E-state index contributed by atoms with van der Waals surface area (Å²) in [5.74, 6) is 0. The van der Waals surface area contributed by atoms with Crippen molar-refractivity contribution in [2.75, 3.05) is 6.61 Å². The maximum atomic E-state index is 6.25. The predicted octanol–water partition coefficient (Wildman–Crippen LogP) is 4.72. The number of hydrogen-bond acceptors (Lipinski definition) is 1. The molecular weight excluding hydrogens is 274 g/mol. The number of para-hydroxylation sites is 2. The first-order chi connectivity index (χ1) is 10.3. The number of fused-ring (bicyclic) bond motifs is 3. The normalized spacial score (nSPS) is 22.9. The van der Waals surface area contributed by atoms with E-state index in [9.17, 15) is 0 Å². The summed E-state index contributed by atoms with van der Waals surface area (Å²) in [5, 5.41) is 2.73. The molecule has 1 aliphatic rings. The summed E-state index contributed by atoms with van der Waals surface area (Å²) in [6.45, 7) is 3.36. The summed E-state index contributed by atoms with van der Waals surface area (Å²) in [7, 11) is -1.61. The van der Waals surface area contributed by atoms with Crippen LogP contribution in [0.15, 0.2) is 48.5 Å². The molecule has 0 aliphatic carbocycles. The third kappa shape index (κ3) is 2.21. The van der Waals surface area contributed by atoms with Gasteiger partial charge in [-0.1, -0.05) is 42.8 Å². The van der Waals surface area contributed by atoms with Crippen LogP contribution in [0.25, 0.3) is 21.8 Å². The molecule has 0 bridgehead atoms. The molecule has 0 N–H and O–H groups in total. The molecule has 21 heavy (non-hydrogen) atoms. The van der Waals surface area contributed by atoms with Gasteiger partial charge in [0.15, 0.2) is 0 Å². The van der Waals surface area contributed by atoms with Crippen LogP contribution in [0.5, 0.6) is 0 Å². The zero-order chi connectivity index (χ0) is 14.3. The lowest BCUT2D eigenvalue weighted by Gasteiger charge is -2.32. The summed E-state index contributed by atoms with van der Waals surface area (Å²) in [5.41, 5.74) is 2.70. The SMILES string of the molecule is C[Si]1(Cn2c3ccccc3c3ccccc32)CCCCO1. The average Bonchev–Trinajstić information content (AvgIpc) is 2.83. The van der Waals surface area contributed by atoms with Crippen molar-refractivity contribution >= 4 is 30.1 Å². The molecule has 0 amide bonds. The van der Waals surface area contributed by atoms with Crippen LogP contribution in [0.1, 0.15) is 12.8 Å². The smallest absolute Gasteiger partial charge is 0.209 e. The predicted molar refractivity (Wildman–Crippen MR) is 91.1 cm³/mol. The fourth-order valence-electron chi connectivity index (χ4n) is 3.62. The monoisotopic (exact) mass is 295 g/mol. The second-order valence-corrected chi connectivity index (χ2v) is 10.4. The molecule has 1 fully saturated rings. The first kappa shape index (κ1) is 13.1. The third-order valence-corrected chi connectivity index (χ3v) is 8.02. The van der Waals surface area contributed by atoms with Crippen molar-refractivity contribution in [2.45, 2.75) is 31.6 Å². The van der Waals surface area contributed by atoms with Gasteiger partial charge in [0.25, 0.3) is 0 Å². The molecule has 2 heterocycles. The van der Waals surface area contributed by atoms with Crippen molar-refractivity contribution in [3.8, 4) is 0 Å². The lowest BCUT2D eigenvalue weighted by Crippen LogP contribution is -2.42.